The highest BCUT2D eigenvalue weighted by Crippen LogP contribution is 2.35. The molecule has 1 fully saturated rings. The quantitative estimate of drug-likeness (QED) is 0.544. The number of likely N-dealkylation sites (N-methyl/N-ethyl adjacent to an activating group) is 1. The molecule has 0 bridgehead atoms. The van der Waals surface area contributed by atoms with Crippen LogP contribution in [0.1, 0.15) is 44.1 Å². The number of rotatable bonds is 8. The fourth-order valence-electron chi connectivity index (χ4n) is 3.83. The van der Waals surface area contributed by atoms with Crippen LogP contribution < -0.4 is 19.5 Å². The Bertz CT molecular complexity index is 677. The Morgan fingerprint density at radius 2 is 1.57 bits per heavy atom. The van der Waals surface area contributed by atoms with E-state index in [2.05, 4.69) is 24.3 Å². The van der Waals surface area contributed by atoms with Gasteiger partial charge in [0, 0.05) is 29.8 Å². The SMILES string of the molecule is COc1cc(OC)c(OC)cc1/C=C\C(=O)NCC1(N(C)C)CCCCCC1. The van der Waals surface area contributed by atoms with E-state index in [1.807, 2.05) is 0 Å². The van der Waals surface area contributed by atoms with E-state index in [4.69, 9.17) is 14.2 Å². The van der Waals surface area contributed by atoms with Crippen LogP contribution in [0.25, 0.3) is 6.08 Å². The first kappa shape index (κ1) is 22.1. The minimum absolute atomic E-state index is 0.0427. The van der Waals surface area contributed by atoms with Crippen molar-refractivity contribution < 1.29 is 19.0 Å². The Kier molecular flexibility index (Phi) is 8.18. The third-order valence-corrected chi connectivity index (χ3v) is 5.72. The molecule has 1 aromatic carbocycles. The van der Waals surface area contributed by atoms with Gasteiger partial charge in [-0.2, -0.15) is 0 Å². The normalized spacial score (nSPS) is 16.6. The van der Waals surface area contributed by atoms with Crippen LogP contribution in [0.15, 0.2) is 18.2 Å². The summed E-state index contributed by atoms with van der Waals surface area (Å²) in [5, 5.41) is 3.10. The fourth-order valence-corrected chi connectivity index (χ4v) is 3.83. The molecule has 0 atom stereocenters. The van der Waals surface area contributed by atoms with E-state index in [1.165, 1.54) is 25.7 Å². The molecule has 1 aliphatic carbocycles. The van der Waals surface area contributed by atoms with Crippen molar-refractivity contribution in [3.63, 3.8) is 0 Å². The smallest absolute Gasteiger partial charge is 0.244 e. The van der Waals surface area contributed by atoms with E-state index in [0.717, 1.165) is 18.4 Å². The molecule has 0 heterocycles. The molecule has 0 aromatic heterocycles. The van der Waals surface area contributed by atoms with Crippen molar-refractivity contribution in [3.8, 4) is 17.2 Å². The van der Waals surface area contributed by atoms with Gasteiger partial charge in [0.2, 0.25) is 5.91 Å². The third-order valence-electron chi connectivity index (χ3n) is 5.72. The average molecular weight is 391 g/mol. The molecular formula is C22H34N2O4. The van der Waals surface area contributed by atoms with Crippen molar-refractivity contribution in [2.75, 3.05) is 42.0 Å². The summed E-state index contributed by atoms with van der Waals surface area (Å²) in [4.78, 5) is 14.8. The zero-order chi connectivity index (χ0) is 20.6. The van der Waals surface area contributed by atoms with Crippen molar-refractivity contribution >= 4 is 12.0 Å². The van der Waals surface area contributed by atoms with Gasteiger partial charge in [-0.3, -0.25) is 4.79 Å². The number of nitrogens with zero attached hydrogens (tertiary/aromatic N) is 1. The lowest BCUT2D eigenvalue weighted by Gasteiger charge is -2.39. The zero-order valence-electron chi connectivity index (χ0n) is 17.8. The number of ether oxygens (including phenoxy) is 3. The summed E-state index contributed by atoms with van der Waals surface area (Å²) in [6.45, 7) is 0.659. The summed E-state index contributed by atoms with van der Waals surface area (Å²) in [5.74, 6) is 1.69. The Labute approximate surface area is 168 Å². The van der Waals surface area contributed by atoms with Crippen LogP contribution in [-0.4, -0.2) is 58.3 Å². The first-order valence-corrected chi connectivity index (χ1v) is 9.89. The lowest BCUT2D eigenvalue weighted by atomic mass is 9.88. The first-order chi connectivity index (χ1) is 13.5. The highest BCUT2D eigenvalue weighted by Gasteiger charge is 2.33. The molecule has 6 heteroatoms. The molecule has 28 heavy (non-hydrogen) atoms. The number of carbonyl (C=O) groups excluding carboxylic acids is 1. The van der Waals surface area contributed by atoms with Crippen molar-refractivity contribution in [2.45, 2.75) is 44.1 Å². The Morgan fingerprint density at radius 1 is 1.00 bits per heavy atom. The van der Waals surface area contributed by atoms with Gasteiger partial charge >= 0.3 is 0 Å². The van der Waals surface area contributed by atoms with Crippen molar-refractivity contribution in [1.29, 1.82) is 0 Å². The van der Waals surface area contributed by atoms with Gasteiger partial charge in [-0.15, -0.1) is 0 Å². The summed E-state index contributed by atoms with van der Waals surface area (Å²) in [6, 6.07) is 3.55. The van der Waals surface area contributed by atoms with Gasteiger partial charge in [0.15, 0.2) is 11.5 Å². The molecule has 0 aliphatic heterocycles. The number of hydrogen-bond acceptors (Lipinski definition) is 5. The minimum atomic E-state index is -0.109. The third kappa shape index (κ3) is 5.41. The summed E-state index contributed by atoms with van der Waals surface area (Å²) in [7, 11) is 8.97. The fraction of sp³-hybridized carbons (Fsp3) is 0.591. The second kappa shape index (κ2) is 10.4. The van der Waals surface area contributed by atoms with Crippen LogP contribution in [0.5, 0.6) is 17.2 Å². The molecule has 1 N–H and O–H groups in total. The van der Waals surface area contributed by atoms with Gasteiger partial charge in [0.1, 0.15) is 5.75 Å². The van der Waals surface area contributed by atoms with Crippen LogP contribution in [0, 0.1) is 0 Å². The molecular weight excluding hydrogens is 356 g/mol. The molecule has 0 radical (unpaired) electrons. The Balaban J connectivity index is 2.08. The van der Waals surface area contributed by atoms with E-state index in [0.29, 0.717) is 23.8 Å². The predicted molar refractivity (Wildman–Crippen MR) is 112 cm³/mol. The standard InChI is InChI=1S/C22H34N2O4/c1-24(2)22(12-8-6-7-9-13-22)16-23-21(25)11-10-17-14-19(27-4)20(28-5)15-18(17)26-3/h10-11,14-15H,6-9,12-13,16H2,1-5H3,(H,23,25)/b11-10-. The van der Waals surface area contributed by atoms with Crippen molar-refractivity contribution in [1.82, 2.24) is 10.2 Å². The van der Waals surface area contributed by atoms with E-state index in [9.17, 15) is 4.79 Å². The molecule has 0 saturated heterocycles. The Morgan fingerprint density at radius 3 is 2.11 bits per heavy atom. The van der Waals surface area contributed by atoms with Crippen LogP contribution in [0.2, 0.25) is 0 Å². The van der Waals surface area contributed by atoms with Gasteiger partial charge in [-0.25, -0.2) is 0 Å². The lowest BCUT2D eigenvalue weighted by molar-refractivity contribution is -0.117. The first-order valence-electron chi connectivity index (χ1n) is 9.89. The number of carbonyl (C=O) groups is 1. The second-order valence-corrected chi connectivity index (χ2v) is 7.53. The molecule has 1 saturated carbocycles. The maximum absolute atomic E-state index is 12.5. The highest BCUT2D eigenvalue weighted by atomic mass is 16.5. The molecule has 6 nitrogen and oxygen atoms in total. The van der Waals surface area contributed by atoms with E-state index < -0.39 is 0 Å². The maximum Gasteiger partial charge on any atom is 0.244 e. The Hall–Kier alpha value is -2.21. The summed E-state index contributed by atoms with van der Waals surface area (Å²) >= 11 is 0. The number of nitrogens with one attached hydrogen (secondary N) is 1. The lowest BCUT2D eigenvalue weighted by Crippen LogP contribution is -2.52. The van der Waals surface area contributed by atoms with Gasteiger partial charge in [0.05, 0.1) is 21.3 Å². The van der Waals surface area contributed by atoms with Crippen LogP contribution in [0.4, 0.5) is 0 Å². The number of methoxy groups -OCH3 is 3. The zero-order valence-corrected chi connectivity index (χ0v) is 17.8. The summed E-state index contributed by atoms with van der Waals surface area (Å²) < 4.78 is 16.0. The largest absolute Gasteiger partial charge is 0.496 e. The maximum atomic E-state index is 12.5. The number of hydrogen-bond donors (Lipinski definition) is 1. The van der Waals surface area contributed by atoms with E-state index in [1.54, 1.807) is 45.6 Å². The van der Waals surface area contributed by atoms with Gasteiger partial charge in [-0.05, 0) is 39.1 Å². The molecule has 156 valence electrons. The van der Waals surface area contributed by atoms with Gasteiger partial charge in [-0.1, -0.05) is 25.7 Å². The monoisotopic (exact) mass is 390 g/mol. The average Bonchev–Trinajstić information content (AvgIpc) is 2.96. The topological polar surface area (TPSA) is 60.0 Å². The van der Waals surface area contributed by atoms with Crippen LogP contribution in [-0.2, 0) is 4.79 Å². The molecule has 1 aliphatic rings. The number of amides is 1. The molecule has 0 spiro atoms. The molecule has 1 amide bonds. The van der Waals surface area contributed by atoms with Crippen LogP contribution >= 0.6 is 0 Å². The molecule has 0 unspecified atom stereocenters. The predicted octanol–water partition coefficient (Wildman–Crippen LogP) is 3.50. The second-order valence-electron chi connectivity index (χ2n) is 7.53. The van der Waals surface area contributed by atoms with Gasteiger partial charge in [0.25, 0.3) is 0 Å². The van der Waals surface area contributed by atoms with Crippen LogP contribution in [0.3, 0.4) is 0 Å². The van der Waals surface area contributed by atoms with E-state index in [-0.39, 0.29) is 11.4 Å². The van der Waals surface area contributed by atoms with Crippen molar-refractivity contribution in [3.05, 3.63) is 23.8 Å². The summed E-state index contributed by atoms with van der Waals surface area (Å²) in [6.07, 6.45) is 10.5. The highest BCUT2D eigenvalue weighted by molar-refractivity contribution is 5.92. The number of benzene rings is 1. The van der Waals surface area contributed by atoms with Gasteiger partial charge < -0.3 is 24.4 Å². The molecule has 2 rings (SSSR count). The minimum Gasteiger partial charge on any atom is -0.496 e. The molecule has 1 aromatic rings. The van der Waals surface area contributed by atoms with E-state index >= 15 is 0 Å². The summed E-state index contributed by atoms with van der Waals surface area (Å²) in [5.41, 5.74) is 0.799. The van der Waals surface area contributed by atoms with Crippen molar-refractivity contribution in [2.24, 2.45) is 0 Å².